The van der Waals surface area contributed by atoms with Crippen LogP contribution in [0.5, 0.6) is 17.2 Å². The minimum Gasteiger partial charge on any atom is -0.508 e. The molecule has 0 radical (unpaired) electrons. The fourth-order valence-corrected chi connectivity index (χ4v) is 3.95. The predicted octanol–water partition coefficient (Wildman–Crippen LogP) is 4.43. The summed E-state index contributed by atoms with van der Waals surface area (Å²) in [5, 5.41) is 16.8. The second kappa shape index (κ2) is 7.13. The molecule has 0 aliphatic carbocycles. The number of fused-ring (bicyclic) bond motifs is 3. The molecule has 1 aromatic heterocycles. The van der Waals surface area contributed by atoms with Crippen molar-refractivity contribution in [2.45, 2.75) is 25.6 Å². The number of nitrogens with zero attached hydrogens (tertiary/aromatic N) is 3. The molecule has 0 spiro atoms. The van der Waals surface area contributed by atoms with Crippen molar-refractivity contribution in [3.8, 4) is 17.2 Å². The van der Waals surface area contributed by atoms with Crippen LogP contribution in [0, 0.1) is 0 Å². The third-order valence-corrected chi connectivity index (χ3v) is 5.23. The zero-order valence-electron chi connectivity index (χ0n) is 16.0. The smallest absolute Gasteiger partial charge is 0.215 e. The van der Waals surface area contributed by atoms with Crippen molar-refractivity contribution in [1.29, 1.82) is 0 Å². The van der Waals surface area contributed by atoms with Crippen molar-refractivity contribution < 1.29 is 14.6 Å². The van der Waals surface area contributed by atoms with Crippen molar-refractivity contribution in [3.05, 3.63) is 83.7 Å². The minimum atomic E-state index is -0.405. The molecule has 6 nitrogen and oxygen atoms in total. The van der Waals surface area contributed by atoms with Crippen molar-refractivity contribution >= 4 is 5.71 Å². The van der Waals surface area contributed by atoms with Crippen LogP contribution in [0.4, 0.5) is 0 Å². The maximum absolute atomic E-state index is 9.90. The zero-order valence-corrected chi connectivity index (χ0v) is 16.0. The van der Waals surface area contributed by atoms with Crippen molar-refractivity contribution in [2.75, 3.05) is 6.61 Å². The van der Waals surface area contributed by atoms with E-state index in [1.165, 1.54) is 0 Å². The number of hydrazone groups is 1. The molecule has 2 atom stereocenters. The van der Waals surface area contributed by atoms with E-state index in [1.807, 2.05) is 48.3 Å². The number of rotatable bonds is 4. The molecule has 0 bridgehead atoms. The molecule has 2 aliphatic rings. The first-order valence-electron chi connectivity index (χ1n) is 9.72. The van der Waals surface area contributed by atoms with Crippen LogP contribution in [0.2, 0.25) is 0 Å². The van der Waals surface area contributed by atoms with E-state index in [1.54, 1.807) is 24.5 Å². The quantitative estimate of drug-likeness (QED) is 0.717. The predicted molar refractivity (Wildman–Crippen MR) is 109 cm³/mol. The number of pyridine rings is 1. The van der Waals surface area contributed by atoms with Gasteiger partial charge in [-0.15, -0.1) is 0 Å². The molecule has 0 fully saturated rings. The highest BCUT2D eigenvalue weighted by Crippen LogP contribution is 2.50. The number of aromatic hydroxyl groups is 1. The highest BCUT2D eigenvalue weighted by Gasteiger charge is 2.42. The largest absolute Gasteiger partial charge is 0.508 e. The SMILES string of the molecule is CCOc1cccc2c1OC(c1cccnc1)N1N=C(c3cccc(O)c3)CC21. The van der Waals surface area contributed by atoms with Gasteiger partial charge in [-0.05, 0) is 31.2 Å². The van der Waals surface area contributed by atoms with Gasteiger partial charge in [0.05, 0.1) is 18.4 Å². The number of phenolic OH excluding ortho intramolecular Hbond substituents is 1. The third-order valence-electron chi connectivity index (χ3n) is 5.23. The monoisotopic (exact) mass is 387 g/mol. The lowest BCUT2D eigenvalue weighted by Gasteiger charge is -2.38. The number of benzene rings is 2. The molecule has 0 saturated carbocycles. The van der Waals surface area contributed by atoms with Crippen LogP contribution in [-0.2, 0) is 0 Å². The zero-order chi connectivity index (χ0) is 19.8. The molecule has 6 heteroatoms. The van der Waals surface area contributed by atoms with Crippen LogP contribution in [0.1, 0.15) is 42.3 Å². The summed E-state index contributed by atoms with van der Waals surface area (Å²) in [4.78, 5) is 4.26. The molecule has 0 saturated heterocycles. The molecule has 3 aromatic rings. The second-order valence-electron chi connectivity index (χ2n) is 7.06. The van der Waals surface area contributed by atoms with Gasteiger partial charge in [0.25, 0.3) is 0 Å². The Balaban J connectivity index is 1.61. The van der Waals surface area contributed by atoms with Gasteiger partial charge in [0, 0.05) is 35.5 Å². The van der Waals surface area contributed by atoms with E-state index in [0.29, 0.717) is 13.0 Å². The minimum absolute atomic E-state index is 0.0155. The Morgan fingerprint density at radius 3 is 2.86 bits per heavy atom. The van der Waals surface area contributed by atoms with Crippen molar-refractivity contribution in [1.82, 2.24) is 9.99 Å². The normalized spacial score (nSPS) is 19.8. The number of hydrogen-bond donors (Lipinski definition) is 1. The number of ether oxygens (including phenoxy) is 2. The summed E-state index contributed by atoms with van der Waals surface area (Å²) >= 11 is 0. The van der Waals surface area contributed by atoms with Gasteiger partial charge in [0.15, 0.2) is 11.5 Å². The van der Waals surface area contributed by atoms with Gasteiger partial charge < -0.3 is 14.6 Å². The highest BCUT2D eigenvalue weighted by atomic mass is 16.5. The molecule has 29 heavy (non-hydrogen) atoms. The van der Waals surface area contributed by atoms with E-state index < -0.39 is 6.23 Å². The Hall–Kier alpha value is -3.54. The topological polar surface area (TPSA) is 67.2 Å². The highest BCUT2D eigenvalue weighted by molar-refractivity contribution is 6.02. The number of phenols is 1. The maximum atomic E-state index is 9.90. The fraction of sp³-hybridized carbons (Fsp3) is 0.217. The van der Waals surface area contributed by atoms with Gasteiger partial charge in [-0.25, -0.2) is 5.01 Å². The Morgan fingerprint density at radius 1 is 1.17 bits per heavy atom. The molecule has 146 valence electrons. The van der Waals surface area contributed by atoms with Crippen LogP contribution in [0.3, 0.4) is 0 Å². The van der Waals surface area contributed by atoms with Crippen LogP contribution in [0.15, 0.2) is 72.1 Å². The number of hydrogen-bond acceptors (Lipinski definition) is 6. The van der Waals surface area contributed by atoms with Gasteiger partial charge in [-0.3, -0.25) is 4.98 Å². The van der Waals surface area contributed by atoms with Crippen molar-refractivity contribution in [2.24, 2.45) is 5.10 Å². The van der Waals surface area contributed by atoms with Crippen LogP contribution in [0.25, 0.3) is 0 Å². The molecular formula is C23H21N3O3. The Bertz CT molecular complexity index is 1070. The fourth-order valence-electron chi connectivity index (χ4n) is 3.95. The molecule has 1 N–H and O–H groups in total. The van der Waals surface area contributed by atoms with E-state index in [2.05, 4.69) is 11.1 Å². The summed E-state index contributed by atoms with van der Waals surface area (Å²) in [7, 11) is 0. The van der Waals surface area contributed by atoms with Gasteiger partial charge in [-0.2, -0.15) is 5.10 Å². The molecule has 3 heterocycles. The van der Waals surface area contributed by atoms with Crippen LogP contribution < -0.4 is 9.47 Å². The molecule has 0 amide bonds. The van der Waals surface area contributed by atoms with Gasteiger partial charge in [0.2, 0.25) is 6.23 Å². The first-order valence-corrected chi connectivity index (χ1v) is 9.72. The average Bonchev–Trinajstić information content (AvgIpc) is 3.20. The Kier molecular flexibility index (Phi) is 4.31. The average molecular weight is 387 g/mol. The summed E-state index contributed by atoms with van der Waals surface area (Å²) < 4.78 is 12.3. The molecular weight excluding hydrogens is 366 g/mol. The van der Waals surface area contributed by atoms with Crippen molar-refractivity contribution in [3.63, 3.8) is 0 Å². The van der Waals surface area contributed by atoms with E-state index in [4.69, 9.17) is 14.6 Å². The molecule has 5 rings (SSSR count). The lowest BCUT2D eigenvalue weighted by Crippen LogP contribution is -2.34. The molecule has 2 aromatic carbocycles. The second-order valence-corrected chi connectivity index (χ2v) is 7.06. The third kappa shape index (κ3) is 3.06. The van der Waals surface area contributed by atoms with E-state index >= 15 is 0 Å². The number of aromatic nitrogens is 1. The maximum Gasteiger partial charge on any atom is 0.215 e. The summed E-state index contributed by atoms with van der Waals surface area (Å²) in [5.41, 5.74) is 3.80. The molecule has 2 unspecified atom stereocenters. The lowest BCUT2D eigenvalue weighted by atomic mass is 9.95. The summed E-state index contributed by atoms with van der Waals surface area (Å²) in [6.45, 7) is 2.53. The summed E-state index contributed by atoms with van der Waals surface area (Å²) in [5.74, 6) is 1.73. The lowest BCUT2D eigenvalue weighted by molar-refractivity contribution is -0.0214. The molecule has 2 aliphatic heterocycles. The first-order chi connectivity index (χ1) is 14.2. The van der Waals surface area contributed by atoms with E-state index in [9.17, 15) is 5.11 Å². The Labute approximate surface area is 169 Å². The standard InChI is InChI=1S/C23H21N3O3/c1-2-28-21-10-4-9-18-20-13-19(15-6-3-8-17(27)12-15)25-26(20)23(29-22(18)21)16-7-5-11-24-14-16/h3-12,14,20,23,27H,2,13H2,1H3. The number of para-hydroxylation sites is 1. The van der Waals surface area contributed by atoms with Crippen LogP contribution >= 0.6 is 0 Å². The summed E-state index contributed by atoms with van der Waals surface area (Å²) in [6, 6.07) is 17.1. The van der Waals surface area contributed by atoms with E-state index in [0.717, 1.165) is 33.9 Å². The van der Waals surface area contributed by atoms with Gasteiger partial charge in [0.1, 0.15) is 5.75 Å². The first kappa shape index (κ1) is 17.6. The van der Waals surface area contributed by atoms with Gasteiger partial charge >= 0.3 is 0 Å². The van der Waals surface area contributed by atoms with E-state index in [-0.39, 0.29) is 11.8 Å². The van der Waals surface area contributed by atoms with Gasteiger partial charge in [-0.1, -0.05) is 30.3 Å². The Morgan fingerprint density at radius 2 is 2.07 bits per heavy atom. The van der Waals surface area contributed by atoms with Crippen LogP contribution in [-0.4, -0.2) is 27.4 Å². The summed E-state index contributed by atoms with van der Waals surface area (Å²) in [6.07, 6.45) is 3.86.